The molecule has 3 N–H and O–H groups in total. The first kappa shape index (κ1) is 46.3. The molecule has 0 aliphatic carbocycles. The van der Waals surface area contributed by atoms with Crippen molar-refractivity contribution in [3.63, 3.8) is 0 Å². The van der Waals surface area contributed by atoms with Gasteiger partial charge in [0.25, 0.3) is 0 Å². The first-order chi connectivity index (χ1) is 24.5. The molecule has 0 aliphatic rings. The molecule has 51 heavy (non-hydrogen) atoms. The van der Waals surface area contributed by atoms with E-state index in [0.29, 0.717) is 58.2 Å². The molecule has 0 bridgehead atoms. The van der Waals surface area contributed by atoms with Crippen LogP contribution in [0.3, 0.4) is 0 Å². The summed E-state index contributed by atoms with van der Waals surface area (Å²) < 4.78 is 28.4. The average molecular weight is 739 g/mol. The summed E-state index contributed by atoms with van der Waals surface area (Å²) in [6, 6.07) is 17.6. The van der Waals surface area contributed by atoms with Gasteiger partial charge in [0.15, 0.2) is 0 Å². The molecule has 0 aromatic heterocycles. The van der Waals surface area contributed by atoms with Crippen molar-refractivity contribution in [3.8, 4) is 0 Å². The molecule has 0 spiro atoms. The molecule has 2 aromatic rings. The van der Waals surface area contributed by atoms with Crippen molar-refractivity contribution < 1.29 is 57.2 Å². The lowest BCUT2D eigenvalue weighted by atomic mass is 10.1. The molecule has 0 fully saturated rings. The van der Waals surface area contributed by atoms with Crippen molar-refractivity contribution in [3.05, 3.63) is 71.8 Å². The second-order valence-electron chi connectivity index (χ2n) is 10.5. The maximum absolute atomic E-state index is 11.8. The molecule has 1 amide bonds. The molecular formula is C36H51ClN2O12. The van der Waals surface area contributed by atoms with Crippen LogP contribution < -0.4 is 11.1 Å². The van der Waals surface area contributed by atoms with E-state index in [2.05, 4.69) is 26.4 Å². The summed E-state index contributed by atoms with van der Waals surface area (Å²) in [5, 5.41) is 2.43. The van der Waals surface area contributed by atoms with E-state index in [1.165, 1.54) is 14.2 Å². The summed E-state index contributed by atoms with van der Waals surface area (Å²) in [6.07, 6.45) is 3.23. The second-order valence-corrected chi connectivity index (χ2v) is 10.8. The Hall–Kier alpha value is -4.69. The Morgan fingerprint density at radius 3 is 1.49 bits per heavy atom. The molecule has 0 heterocycles. The number of ether oxygens (including phenoxy) is 6. The van der Waals surface area contributed by atoms with E-state index in [4.69, 9.17) is 24.7 Å². The fraction of sp³-hybridized carbons (Fsp3) is 0.500. The third-order valence-electron chi connectivity index (χ3n) is 6.55. The van der Waals surface area contributed by atoms with Crippen LogP contribution in [-0.2, 0) is 60.8 Å². The molecular weight excluding hydrogens is 688 g/mol. The van der Waals surface area contributed by atoms with Gasteiger partial charge in [-0.2, -0.15) is 0 Å². The predicted octanol–water partition coefficient (Wildman–Crippen LogP) is 5.75. The lowest BCUT2D eigenvalue weighted by molar-refractivity contribution is -0.146. The standard InChI is InChI=1S/C18H25NO6.C16H23NO4.C2H3ClO2/c1-3-24-17(21)15(19-18(22)23-2)11-7-8-12-16(20)25-13-14-9-5-4-6-10-14;1-2-20-16(19)14(17)10-6-7-11-15(18)21-12-13-8-4-3-5-9-13;1-5-2(3)4/h4-6,9-10,15H,3,7-8,11-13H2,1-2H3,(H,19,22);3-5,8-9,14H,2,6-7,10-12,17H2,1H3;1H3. The monoisotopic (exact) mass is 738 g/mol. The summed E-state index contributed by atoms with van der Waals surface area (Å²) >= 11 is 4.60. The summed E-state index contributed by atoms with van der Waals surface area (Å²) in [6.45, 7) is 4.53. The second kappa shape index (κ2) is 30.2. The van der Waals surface area contributed by atoms with Crippen LogP contribution >= 0.6 is 11.6 Å². The Labute approximate surface area is 304 Å². The quantitative estimate of drug-likeness (QED) is 0.0766. The number of nitrogens with two attached hydrogens (primary N) is 1. The molecule has 0 saturated carbocycles. The van der Waals surface area contributed by atoms with E-state index in [-0.39, 0.29) is 37.5 Å². The number of hydrogen-bond donors (Lipinski definition) is 2. The van der Waals surface area contributed by atoms with Gasteiger partial charge in [-0.1, -0.05) is 73.5 Å². The van der Waals surface area contributed by atoms with Gasteiger partial charge in [0.05, 0.1) is 27.4 Å². The molecule has 15 heteroatoms. The molecule has 0 saturated heterocycles. The number of carbonyl (C=O) groups is 6. The minimum Gasteiger partial charge on any atom is -0.465 e. The number of alkyl carbamates (subject to hydrolysis) is 1. The van der Waals surface area contributed by atoms with E-state index in [9.17, 15) is 28.8 Å². The van der Waals surface area contributed by atoms with Crippen molar-refractivity contribution in [1.29, 1.82) is 0 Å². The van der Waals surface area contributed by atoms with Gasteiger partial charge >= 0.3 is 35.4 Å². The Kier molecular flexibility index (Phi) is 27.4. The number of halogens is 1. The van der Waals surface area contributed by atoms with Gasteiger partial charge in [-0.15, -0.1) is 0 Å². The number of esters is 4. The normalized spacial score (nSPS) is 11.0. The van der Waals surface area contributed by atoms with Crippen LogP contribution in [0.1, 0.15) is 76.3 Å². The molecule has 2 unspecified atom stereocenters. The average Bonchev–Trinajstić information content (AvgIpc) is 3.14. The molecule has 14 nitrogen and oxygen atoms in total. The maximum Gasteiger partial charge on any atom is 0.407 e. The fourth-order valence-electron chi connectivity index (χ4n) is 3.93. The van der Waals surface area contributed by atoms with Crippen molar-refractivity contribution in [2.24, 2.45) is 5.73 Å². The molecule has 0 radical (unpaired) electrons. The largest absolute Gasteiger partial charge is 0.465 e. The van der Waals surface area contributed by atoms with Gasteiger partial charge in [-0.3, -0.25) is 14.4 Å². The van der Waals surface area contributed by atoms with Gasteiger partial charge in [-0.25, -0.2) is 14.4 Å². The zero-order valence-electron chi connectivity index (χ0n) is 29.8. The minimum atomic E-state index is -0.785. The highest BCUT2D eigenvalue weighted by Crippen LogP contribution is 2.09. The summed E-state index contributed by atoms with van der Waals surface area (Å²) in [5.74, 6) is -1.43. The number of hydrogen-bond acceptors (Lipinski definition) is 13. The van der Waals surface area contributed by atoms with Crippen LogP contribution in [-0.4, -0.2) is 74.9 Å². The van der Waals surface area contributed by atoms with Crippen molar-refractivity contribution in [1.82, 2.24) is 5.32 Å². The number of methoxy groups -OCH3 is 2. The van der Waals surface area contributed by atoms with E-state index in [0.717, 1.165) is 11.1 Å². The van der Waals surface area contributed by atoms with Gasteiger partial charge in [0.1, 0.15) is 25.3 Å². The number of unbranched alkanes of at least 4 members (excludes halogenated alkanes) is 2. The van der Waals surface area contributed by atoms with Crippen LogP contribution in [0.4, 0.5) is 9.59 Å². The van der Waals surface area contributed by atoms with Gasteiger partial charge in [0.2, 0.25) is 0 Å². The van der Waals surface area contributed by atoms with Gasteiger partial charge < -0.3 is 39.5 Å². The summed E-state index contributed by atoms with van der Waals surface area (Å²) in [4.78, 5) is 67.0. The number of carbonyl (C=O) groups excluding carboxylic acids is 6. The van der Waals surface area contributed by atoms with Crippen LogP contribution in [0.5, 0.6) is 0 Å². The lowest BCUT2D eigenvalue weighted by Crippen LogP contribution is -2.41. The Balaban J connectivity index is 0.000000874. The Morgan fingerprint density at radius 1 is 0.647 bits per heavy atom. The predicted molar refractivity (Wildman–Crippen MR) is 188 cm³/mol. The van der Waals surface area contributed by atoms with E-state index < -0.39 is 29.6 Å². The highest BCUT2D eigenvalue weighted by molar-refractivity contribution is 6.61. The SMILES string of the molecule is CCOC(=O)C(CCCCC(=O)OCc1ccccc1)NC(=O)OC.CCOC(=O)C(N)CCCCC(=O)OCc1ccccc1.COC(=O)Cl. The highest BCUT2D eigenvalue weighted by Gasteiger charge is 2.22. The van der Waals surface area contributed by atoms with Crippen molar-refractivity contribution >= 4 is 47.0 Å². The topological polar surface area (TPSA) is 196 Å². The first-order valence-corrected chi connectivity index (χ1v) is 16.9. The van der Waals surface area contributed by atoms with Gasteiger partial charge in [0, 0.05) is 24.4 Å². The summed E-state index contributed by atoms with van der Waals surface area (Å²) in [7, 11) is 2.44. The molecule has 284 valence electrons. The molecule has 2 atom stereocenters. The van der Waals surface area contributed by atoms with Gasteiger partial charge in [-0.05, 0) is 50.7 Å². The Morgan fingerprint density at radius 2 is 1.08 bits per heavy atom. The van der Waals surface area contributed by atoms with E-state index in [1.807, 2.05) is 60.7 Å². The highest BCUT2D eigenvalue weighted by atomic mass is 35.5. The van der Waals surface area contributed by atoms with Crippen molar-refractivity contribution in [2.45, 2.75) is 90.5 Å². The lowest BCUT2D eigenvalue weighted by Gasteiger charge is -2.16. The maximum atomic E-state index is 11.8. The third-order valence-corrected chi connectivity index (χ3v) is 6.71. The summed E-state index contributed by atoms with van der Waals surface area (Å²) in [5.41, 5.74) is 6.79. The zero-order chi connectivity index (χ0) is 38.3. The van der Waals surface area contributed by atoms with Crippen LogP contribution in [0.15, 0.2) is 60.7 Å². The third kappa shape index (κ3) is 25.9. The molecule has 0 aliphatic heterocycles. The number of rotatable bonds is 19. The smallest absolute Gasteiger partial charge is 0.407 e. The fourth-order valence-corrected chi connectivity index (χ4v) is 3.93. The van der Waals surface area contributed by atoms with Crippen LogP contribution in [0.25, 0.3) is 0 Å². The number of amides is 1. The van der Waals surface area contributed by atoms with Crippen LogP contribution in [0.2, 0.25) is 0 Å². The number of benzene rings is 2. The van der Waals surface area contributed by atoms with Crippen molar-refractivity contribution in [2.75, 3.05) is 27.4 Å². The molecule has 2 rings (SSSR count). The van der Waals surface area contributed by atoms with Crippen LogP contribution in [0, 0.1) is 0 Å². The number of nitrogens with one attached hydrogen (secondary N) is 1. The Bertz CT molecular complexity index is 1280. The first-order valence-electron chi connectivity index (χ1n) is 16.5. The van der Waals surface area contributed by atoms with E-state index >= 15 is 0 Å². The molecule has 2 aromatic carbocycles. The minimum absolute atomic E-state index is 0.226. The zero-order valence-corrected chi connectivity index (χ0v) is 30.5. The van der Waals surface area contributed by atoms with E-state index in [1.54, 1.807) is 13.8 Å².